The highest BCUT2D eigenvalue weighted by molar-refractivity contribution is 14.1. The van der Waals surface area contributed by atoms with Gasteiger partial charge in [-0.3, -0.25) is 0 Å². The lowest BCUT2D eigenvalue weighted by atomic mass is 10.3. The van der Waals surface area contributed by atoms with E-state index in [2.05, 4.69) is 27.6 Å². The number of aryl methyl sites for hydroxylation is 1. The zero-order valence-electron chi connectivity index (χ0n) is 10.4. The molecule has 0 bridgehead atoms. The minimum atomic E-state index is -2.92. The number of alkyl halides is 1. The van der Waals surface area contributed by atoms with Crippen LogP contribution in [0.4, 0.5) is 0 Å². The maximum Gasteiger partial charge on any atom is 0.147 e. The molecule has 0 aliphatic rings. The van der Waals surface area contributed by atoms with Crippen LogP contribution < -0.4 is 0 Å². The average molecular weight is 413 g/mol. The summed E-state index contributed by atoms with van der Waals surface area (Å²) in [5.74, 6) is 1.29. The molecule has 1 heterocycles. The van der Waals surface area contributed by atoms with Gasteiger partial charge in [0.25, 0.3) is 0 Å². The van der Waals surface area contributed by atoms with Crippen molar-refractivity contribution in [1.82, 2.24) is 9.55 Å². The molecule has 0 unspecified atom stereocenters. The Balaban J connectivity index is 2.30. The van der Waals surface area contributed by atoms with Gasteiger partial charge in [0.15, 0.2) is 0 Å². The number of rotatable bonds is 5. The van der Waals surface area contributed by atoms with Crippen LogP contribution in [-0.4, -0.2) is 30.0 Å². The highest BCUT2D eigenvalue weighted by atomic mass is 127. The summed E-state index contributed by atoms with van der Waals surface area (Å²) >= 11 is 8.15. The largest absolute Gasteiger partial charge is 0.327 e. The molecule has 0 aliphatic carbocycles. The Morgan fingerprint density at radius 3 is 2.79 bits per heavy atom. The van der Waals surface area contributed by atoms with E-state index < -0.39 is 9.84 Å². The van der Waals surface area contributed by atoms with Gasteiger partial charge in [-0.25, -0.2) is 13.4 Å². The number of nitrogens with zero attached hydrogens (tertiary/aromatic N) is 2. The lowest BCUT2D eigenvalue weighted by molar-refractivity contribution is 0.591. The SMILES string of the molecule is CS(=O)(=O)CCCn1c(CCl)nc2cc(I)ccc21. The minimum Gasteiger partial charge on any atom is -0.327 e. The van der Waals surface area contributed by atoms with Gasteiger partial charge in [-0.05, 0) is 47.2 Å². The minimum absolute atomic E-state index is 0.179. The number of aromatic nitrogens is 2. The fraction of sp³-hybridized carbons (Fsp3) is 0.417. The van der Waals surface area contributed by atoms with Gasteiger partial charge in [-0.2, -0.15) is 0 Å². The molecule has 4 nitrogen and oxygen atoms in total. The van der Waals surface area contributed by atoms with Crippen LogP contribution in [0.1, 0.15) is 12.2 Å². The molecule has 1 aromatic heterocycles. The Bertz CT molecular complexity index is 697. The summed E-state index contributed by atoms with van der Waals surface area (Å²) in [6.45, 7) is 0.617. The number of hydrogen-bond donors (Lipinski definition) is 0. The number of benzene rings is 1. The first kappa shape index (κ1) is 15.1. The van der Waals surface area contributed by atoms with Crippen molar-refractivity contribution in [2.45, 2.75) is 18.8 Å². The van der Waals surface area contributed by atoms with Gasteiger partial charge in [-0.1, -0.05) is 0 Å². The highest BCUT2D eigenvalue weighted by Gasteiger charge is 2.11. The highest BCUT2D eigenvalue weighted by Crippen LogP contribution is 2.20. The van der Waals surface area contributed by atoms with Gasteiger partial charge in [0.05, 0.1) is 22.7 Å². The molecule has 7 heteroatoms. The van der Waals surface area contributed by atoms with Gasteiger partial charge in [0, 0.05) is 16.4 Å². The second-order valence-electron chi connectivity index (χ2n) is 4.43. The molecule has 0 saturated heterocycles. The molecule has 19 heavy (non-hydrogen) atoms. The third-order valence-corrected chi connectivity index (χ3v) is 4.75. The molecule has 0 atom stereocenters. The Hall–Kier alpha value is -0.340. The molecule has 2 aromatic rings. The third kappa shape index (κ3) is 3.82. The summed E-state index contributed by atoms with van der Waals surface area (Å²) in [5, 5.41) is 0. The van der Waals surface area contributed by atoms with E-state index >= 15 is 0 Å². The molecule has 0 radical (unpaired) electrons. The van der Waals surface area contributed by atoms with E-state index in [-0.39, 0.29) is 5.75 Å². The summed E-state index contributed by atoms with van der Waals surface area (Å²) < 4.78 is 25.5. The number of halogens is 2. The van der Waals surface area contributed by atoms with Gasteiger partial charge >= 0.3 is 0 Å². The number of sulfone groups is 1. The van der Waals surface area contributed by atoms with Crippen LogP contribution in [0.2, 0.25) is 0 Å². The Labute approximate surface area is 131 Å². The van der Waals surface area contributed by atoms with Gasteiger partial charge in [0.2, 0.25) is 0 Å². The van der Waals surface area contributed by atoms with E-state index in [1.807, 2.05) is 22.8 Å². The van der Waals surface area contributed by atoms with Crippen LogP contribution in [0.15, 0.2) is 18.2 Å². The van der Waals surface area contributed by atoms with Gasteiger partial charge < -0.3 is 4.57 Å². The monoisotopic (exact) mass is 412 g/mol. The van der Waals surface area contributed by atoms with Crippen LogP contribution in [-0.2, 0) is 22.3 Å². The first-order chi connectivity index (χ1) is 8.90. The second kappa shape index (κ2) is 5.97. The zero-order valence-corrected chi connectivity index (χ0v) is 14.2. The Morgan fingerprint density at radius 2 is 2.16 bits per heavy atom. The lowest BCUT2D eigenvalue weighted by Crippen LogP contribution is -2.09. The number of imidazole rings is 1. The molecule has 2 rings (SSSR count). The summed E-state index contributed by atoms with van der Waals surface area (Å²) in [6, 6.07) is 6.01. The molecule has 0 fully saturated rings. The molecule has 0 amide bonds. The van der Waals surface area contributed by atoms with Crippen LogP contribution in [0, 0.1) is 3.57 Å². The average Bonchev–Trinajstić information content (AvgIpc) is 2.65. The van der Waals surface area contributed by atoms with E-state index in [0.717, 1.165) is 20.4 Å². The standard InChI is InChI=1S/C12H14ClIN2O2S/c1-19(17,18)6-2-5-16-11-4-3-9(14)7-10(11)15-12(16)8-13/h3-4,7H,2,5-6,8H2,1H3. The van der Waals surface area contributed by atoms with Crippen molar-refractivity contribution in [3.8, 4) is 0 Å². The van der Waals surface area contributed by atoms with Crippen LogP contribution in [0.3, 0.4) is 0 Å². The molecule has 0 aliphatic heterocycles. The quantitative estimate of drug-likeness (QED) is 0.560. The maximum absolute atomic E-state index is 11.2. The van der Waals surface area contributed by atoms with E-state index in [1.54, 1.807) is 0 Å². The molecular formula is C12H14ClIN2O2S. The van der Waals surface area contributed by atoms with Crippen molar-refractivity contribution in [2.24, 2.45) is 0 Å². The Kier molecular flexibility index (Phi) is 4.73. The van der Waals surface area contributed by atoms with E-state index in [4.69, 9.17) is 11.6 Å². The van der Waals surface area contributed by atoms with Crippen molar-refractivity contribution in [2.75, 3.05) is 12.0 Å². The molecule has 0 N–H and O–H groups in total. The summed E-state index contributed by atoms with van der Waals surface area (Å²) in [5.41, 5.74) is 1.91. The van der Waals surface area contributed by atoms with Gasteiger partial charge in [-0.15, -0.1) is 11.6 Å². The zero-order chi connectivity index (χ0) is 14.0. The van der Waals surface area contributed by atoms with Crippen LogP contribution >= 0.6 is 34.2 Å². The van der Waals surface area contributed by atoms with E-state index in [1.165, 1.54) is 6.26 Å². The molecule has 0 spiro atoms. The molecule has 0 saturated carbocycles. The van der Waals surface area contributed by atoms with Crippen LogP contribution in [0.5, 0.6) is 0 Å². The first-order valence-electron chi connectivity index (χ1n) is 5.79. The number of fused-ring (bicyclic) bond motifs is 1. The van der Waals surface area contributed by atoms with Crippen molar-refractivity contribution in [3.63, 3.8) is 0 Å². The number of hydrogen-bond acceptors (Lipinski definition) is 3. The van der Waals surface area contributed by atoms with Crippen molar-refractivity contribution in [3.05, 3.63) is 27.6 Å². The summed E-state index contributed by atoms with van der Waals surface area (Å²) in [6.07, 6.45) is 1.82. The van der Waals surface area contributed by atoms with Crippen molar-refractivity contribution < 1.29 is 8.42 Å². The van der Waals surface area contributed by atoms with Crippen LogP contribution in [0.25, 0.3) is 11.0 Å². The maximum atomic E-state index is 11.2. The van der Waals surface area contributed by atoms with Crippen molar-refractivity contribution in [1.29, 1.82) is 0 Å². The smallest absolute Gasteiger partial charge is 0.147 e. The fourth-order valence-corrected chi connectivity index (χ4v) is 3.32. The normalized spacial score (nSPS) is 12.2. The second-order valence-corrected chi connectivity index (χ2v) is 8.20. The lowest BCUT2D eigenvalue weighted by Gasteiger charge is -2.07. The van der Waals surface area contributed by atoms with E-state index in [0.29, 0.717) is 18.8 Å². The molecule has 1 aromatic carbocycles. The van der Waals surface area contributed by atoms with Crippen molar-refractivity contribution >= 4 is 55.1 Å². The summed E-state index contributed by atoms with van der Waals surface area (Å²) in [7, 11) is -2.92. The Morgan fingerprint density at radius 1 is 1.42 bits per heavy atom. The predicted molar refractivity (Wildman–Crippen MR) is 86.3 cm³/mol. The first-order valence-corrected chi connectivity index (χ1v) is 9.46. The predicted octanol–water partition coefficient (Wildman–Crippen LogP) is 2.81. The van der Waals surface area contributed by atoms with Gasteiger partial charge in [0.1, 0.15) is 15.7 Å². The molecular weight excluding hydrogens is 399 g/mol. The summed E-state index contributed by atoms with van der Waals surface area (Å²) in [4.78, 5) is 4.48. The van der Waals surface area contributed by atoms with E-state index in [9.17, 15) is 8.42 Å². The fourth-order valence-electron chi connectivity index (χ4n) is 1.99. The molecule has 104 valence electrons. The topological polar surface area (TPSA) is 52.0 Å². The third-order valence-electron chi connectivity index (χ3n) is 2.81.